The molecule has 2 rings (SSSR count). The van der Waals surface area contributed by atoms with Gasteiger partial charge in [0.25, 0.3) is 0 Å². The van der Waals surface area contributed by atoms with Crippen LogP contribution in [0.15, 0.2) is 30.3 Å². The molecule has 0 spiro atoms. The van der Waals surface area contributed by atoms with Gasteiger partial charge < -0.3 is 5.32 Å². The molecule has 1 aliphatic carbocycles. The highest BCUT2D eigenvalue weighted by molar-refractivity contribution is 5.97. The van der Waals surface area contributed by atoms with Crippen molar-refractivity contribution in [3.8, 4) is 0 Å². The fourth-order valence-corrected chi connectivity index (χ4v) is 2.48. The van der Waals surface area contributed by atoms with Gasteiger partial charge in [0.1, 0.15) is 0 Å². The number of hydrogen-bond donors (Lipinski definition) is 1. The van der Waals surface area contributed by atoms with E-state index in [9.17, 15) is 18.4 Å². The van der Waals surface area contributed by atoms with E-state index in [4.69, 9.17) is 0 Å². The molecule has 21 heavy (non-hydrogen) atoms. The Bertz CT molecular complexity index is 492. The largest absolute Gasteiger partial charge is 0.353 e. The van der Waals surface area contributed by atoms with Crippen molar-refractivity contribution in [3.05, 3.63) is 35.9 Å². The Balaban J connectivity index is 1.72. The van der Waals surface area contributed by atoms with E-state index in [1.807, 2.05) is 6.07 Å². The molecule has 1 fully saturated rings. The van der Waals surface area contributed by atoms with Gasteiger partial charge in [0.05, 0.1) is 0 Å². The van der Waals surface area contributed by atoms with Crippen LogP contribution in [0.4, 0.5) is 8.78 Å². The number of alkyl halides is 2. The molecule has 114 valence electrons. The molecule has 1 saturated carbocycles. The molecular formula is C16H19F2NO2. The van der Waals surface area contributed by atoms with Crippen molar-refractivity contribution >= 4 is 11.7 Å². The predicted octanol–water partition coefficient (Wildman–Crippen LogP) is 3.34. The molecule has 0 atom stereocenters. The topological polar surface area (TPSA) is 46.2 Å². The summed E-state index contributed by atoms with van der Waals surface area (Å²) in [5.41, 5.74) is 0.586. The van der Waals surface area contributed by atoms with Gasteiger partial charge in [-0.25, -0.2) is 8.78 Å². The van der Waals surface area contributed by atoms with E-state index in [-0.39, 0.29) is 43.4 Å². The average molecular weight is 295 g/mol. The van der Waals surface area contributed by atoms with Crippen LogP contribution in [0.3, 0.4) is 0 Å². The first-order valence-corrected chi connectivity index (χ1v) is 7.22. The normalized spacial score (nSPS) is 18.2. The Kier molecular flexibility index (Phi) is 5.04. The SMILES string of the molecule is O=C(CCC(=O)c1ccccc1)NC1CCC(F)(F)CC1. The monoisotopic (exact) mass is 295 g/mol. The molecule has 0 unspecified atom stereocenters. The van der Waals surface area contributed by atoms with Crippen LogP contribution in [0.2, 0.25) is 0 Å². The van der Waals surface area contributed by atoms with Crippen molar-refractivity contribution in [2.24, 2.45) is 0 Å². The Morgan fingerprint density at radius 1 is 1.10 bits per heavy atom. The summed E-state index contributed by atoms with van der Waals surface area (Å²) < 4.78 is 26.0. The molecule has 1 aromatic carbocycles. The van der Waals surface area contributed by atoms with Crippen LogP contribution in [0.5, 0.6) is 0 Å². The minimum absolute atomic E-state index is 0.0825. The lowest BCUT2D eigenvalue weighted by Gasteiger charge is -2.28. The lowest BCUT2D eigenvalue weighted by molar-refractivity contribution is -0.122. The van der Waals surface area contributed by atoms with E-state index in [0.717, 1.165) is 0 Å². The summed E-state index contributed by atoms with van der Waals surface area (Å²) in [6.07, 6.45) is 0.470. The van der Waals surface area contributed by atoms with Crippen LogP contribution in [-0.2, 0) is 4.79 Å². The first-order chi connectivity index (χ1) is 9.96. The molecule has 1 aliphatic rings. The van der Waals surface area contributed by atoms with E-state index >= 15 is 0 Å². The van der Waals surface area contributed by atoms with Crippen LogP contribution in [-0.4, -0.2) is 23.7 Å². The van der Waals surface area contributed by atoms with Gasteiger partial charge in [0.2, 0.25) is 11.8 Å². The van der Waals surface area contributed by atoms with E-state index in [0.29, 0.717) is 18.4 Å². The standard InChI is InChI=1S/C16H19F2NO2/c17-16(18)10-8-13(9-11-16)19-15(21)7-6-14(20)12-4-2-1-3-5-12/h1-5,13H,6-11H2,(H,19,21). The van der Waals surface area contributed by atoms with Crippen LogP contribution in [0, 0.1) is 0 Å². The maximum atomic E-state index is 13.0. The van der Waals surface area contributed by atoms with E-state index < -0.39 is 5.92 Å². The number of Topliss-reactive ketones (excluding diaryl/α,β-unsaturated/α-hetero) is 1. The molecule has 1 aromatic rings. The molecule has 1 amide bonds. The summed E-state index contributed by atoms with van der Waals surface area (Å²) in [6.45, 7) is 0. The minimum atomic E-state index is -2.59. The fraction of sp³-hybridized carbons (Fsp3) is 0.500. The Morgan fingerprint density at radius 3 is 2.33 bits per heavy atom. The van der Waals surface area contributed by atoms with Crippen molar-refractivity contribution in [2.75, 3.05) is 0 Å². The molecule has 0 radical (unpaired) electrons. The van der Waals surface area contributed by atoms with Crippen LogP contribution in [0.25, 0.3) is 0 Å². The number of rotatable bonds is 5. The highest BCUT2D eigenvalue weighted by atomic mass is 19.3. The summed E-state index contributed by atoms with van der Waals surface area (Å²) in [5, 5.41) is 2.74. The molecule has 0 saturated heterocycles. The lowest BCUT2D eigenvalue weighted by atomic mass is 9.92. The lowest BCUT2D eigenvalue weighted by Crippen LogP contribution is -2.40. The number of carbonyl (C=O) groups is 2. The van der Waals surface area contributed by atoms with E-state index in [2.05, 4.69) is 5.32 Å². The van der Waals surface area contributed by atoms with Gasteiger partial charge in [-0.05, 0) is 12.8 Å². The fourth-order valence-electron chi connectivity index (χ4n) is 2.48. The number of halogens is 2. The van der Waals surface area contributed by atoms with Gasteiger partial charge in [0.15, 0.2) is 5.78 Å². The second-order valence-electron chi connectivity index (χ2n) is 5.49. The van der Waals surface area contributed by atoms with Crippen molar-refractivity contribution in [2.45, 2.75) is 50.5 Å². The third-order valence-corrected chi connectivity index (χ3v) is 3.76. The van der Waals surface area contributed by atoms with Crippen molar-refractivity contribution in [1.82, 2.24) is 5.32 Å². The van der Waals surface area contributed by atoms with Crippen LogP contribution in [0.1, 0.15) is 48.9 Å². The van der Waals surface area contributed by atoms with Gasteiger partial charge in [-0.1, -0.05) is 30.3 Å². The average Bonchev–Trinajstić information content (AvgIpc) is 2.48. The molecule has 0 aromatic heterocycles. The summed E-state index contributed by atoms with van der Waals surface area (Å²) in [4.78, 5) is 23.6. The van der Waals surface area contributed by atoms with Crippen molar-refractivity contribution in [1.29, 1.82) is 0 Å². The van der Waals surface area contributed by atoms with Crippen LogP contribution >= 0.6 is 0 Å². The summed E-state index contributed by atoms with van der Waals surface area (Å²) in [7, 11) is 0. The zero-order valence-corrected chi connectivity index (χ0v) is 11.8. The van der Waals surface area contributed by atoms with Gasteiger partial charge in [-0.3, -0.25) is 9.59 Å². The molecule has 0 heterocycles. The van der Waals surface area contributed by atoms with E-state index in [1.54, 1.807) is 24.3 Å². The van der Waals surface area contributed by atoms with Crippen LogP contribution < -0.4 is 5.32 Å². The molecule has 0 aliphatic heterocycles. The maximum absolute atomic E-state index is 13.0. The smallest absolute Gasteiger partial charge is 0.248 e. The Morgan fingerprint density at radius 2 is 1.71 bits per heavy atom. The second-order valence-corrected chi connectivity index (χ2v) is 5.49. The summed E-state index contributed by atoms with van der Waals surface area (Å²) in [5.74, 6) is -2.92. The van der Waals surface area contributed by atoms with Gasteiger partial charge in [-0.15, -0.1) is 0 Å². The molecule has 3 nitrogen and oxygen atoms in total. The Hall–Kier alpha value is -1.78. The predicted molar refractivity (Wildman–Crippen MR) is 75.4 cm³/mol. The van der Waals surface area contributed by atoms with E-state index in [1.165, 1.54) is 0 Å². The number of nitrogens with one attached hydrogen (secondary N) is 1. The zero-order valence-electron chi connectivity index (χ0n) is 11.8. The summed E-state index contributed by atoms with van der Waals surface area (Å²) in [6, 6.07) is 8.60. The summed E-state index contributed by atoms with van der Waals surface area (Å²) >= 11 is 0. The number of ketones is 1. The van der Waals surface area contributed by atoms with Gasteiger partial charge in [-0.2, -0.15) is 0 Å². The number of hydrogen-bond acceptors (Lipinski definition) is 2. The first kappa shape index (κ1) is 15.6. The Labute approximate surface area is 122 Å². The van der Waals surface area contributed by atoms with Crippen molar-refractivity contribution in [3.63, 3.8) is 0 Å². The first-order valence-electron chi connectivity index (χ1n) is 7.22. The zero-order chi connectivity index (χ0) is 15.3. The molecular weight excluding hydrogens is 276 g/mol. The van der Waals surface area contributed by atoms with Gasteiger partial charge >= 0.3 is 0 Å². The maximum Gasteiger partial charge on any atom is 0.248 e. The molecule has 1 N–H and O–H groups in total. The minimum Gasteiger partial charge on any atom is -0.353 e. The quantitative estimate of drug-likeness (QED) is 0.847. The highest BCUT2D eigenvalue weighted by Gasteiger charge is 2.35. The number of benzene rings is 1. The van der Waals surface area contributed by atoms with Gasteiger partial charge in [0, 0.05) is 37.3 Å². The third kappa shape index (κ3) is 4.92. The molecule has 5 heteroatoms. The van der Waals surface area contributed by atoms with Crippen molar-refractivity contribution < 1.29 is 18.4 Å². The number of carbonyl (C=O) groups excluding carboxylic acids is 2. The molecule has 0 bridgehead atoms. The number of amides is 1. The second kappa shape index (κ2) is 6.78. The third-order valence-electron chi connectivity index (χ3n) is 3.76. The highest BCUT2D eigenvalue weighted by Crippen LogP contribution is 2.32.